The molecule has 4 N–H and O–H groups in total. The summed E-state index contributed by atoms with van der Waals surface area (Å²) >= 11 is 0. The molecule has 1 aliphatic rings. The summed E-state index contributed by atoms with van der Waals surface area (Å²) in [5.74, 6) is -0.867. The minimum Gasteiger partial charge on any atom is -0.465 e. The van der Waals surface area contributed by atoms with Crippen LogP contribution in [0, 0.1) is 28.5 Å². The van der Waals surface area contributed by atoms with Gasteiger partial charge in [-0.15, -0.1) is 0 Å². The normalized spacial score (nSPS) is 19.3. The number of halogens is 1. The number of piperidine rings is 1. The molecule has 182 valence electrons. The molecule has 0 saturated carbocycles. The van der Waals surface area contributed by atoms with E-state index >= 15 is 0 Å². The number of nitrogens with one attached hydrogen (secondary N) is 1. The summed E-state index contributed by atoms with van der Waals surface area (Å²) in [6, 6.07) is 7.28. The fourth-order valence-corrected chi connectivity index (χ4v) is 4.66. The number of carbonyl (C=O) groups is 2. The monoisotopic (exact) mass is 470 g/mol. The average molecular weight is 471 g/mol. The molecule has 9 nitrogen and oxygen atoms in total. The number of nitriles is 1. The maximum absolute atomic E-state index is 13.3. The number of amides is 2. The van der Waals surface area contributed by atoms with Crippen LogP contribution in [0.5, 0.6) is 0 Å². The van der Waals surface area contributed by atoms with Gasteiger partial charge in [-0.05, 0) is 54.9 Å². The van der Waals surface area contributed by atoms with E-state index in [0.29, 0.717) is 31.5 Å². The topological polar surface area (TPSA) is 137 Å². The minimum absolute atomic E-state index is 0.0121. The number of rotatable bonds is 7. The number of hydrogen-bond acceptors (Lipinski definition) is 5. The van der Waals surface area contributed by atoms with Gasteiger partial charge in [-0.25, -0.2) is 9.18 Å². The van der Waals surface area contributed by atoms with E-state index in [2.05, 4.69) is 37.3 Å². The Labute approximate surface area is 198 Å². The molecular weight excluding hydrogens is 439 g/mol. The number of aromatic nitrogens is 2. The van der Waals surface area contributed by atoms with Crippen LogP contribution in [-0.2, 0) is 0 Å². The van der Waals surface area contributed by atoms with Crippen molar-refractivity contribution in [2.75, 3.05) is 11.9 Å². The highest BCUT2D eigenvalue weighted by molar-refractivity contribution is 5.98. The second-order valence-electron chi connectivity index (χ2n) is 9.98. The number of benzene rings is 1. The zero-order valence-electron chi connectivity index (χ0n) is 19.7. The van der Waals surface area contributed by atoms with Gasteiger partial charge in [0.1, 0.15) is 11.4 Å². The van der Waals surface area contributed by atoms with E-state index in [1.165, 1.54) is 35.4 Å². The van der Waals surface area contributed by atoms with Gasteiger partial charge in [0.15, 0.2) is 5.82 Å². The standard InChI is InChI=1S/C24H31FN6O3/c1-24(2,3)13-18-12-15(9-11-30(18)23(33)34)20(8-10-26)31-14-19(21(27)32)22(29-31)28-17-6-4-16(25)5-7-17/h4-7,14-15,18,20H,8-9,11-13H2,1-3H3,(H2,27,32)(H,28,29)(H,33,34)/t15?,18?,20-/m1/s1. The van der Waals surface area contributed by atoms with Crippen molar-refractivity contribution in [1.29, 1.82) is 5.26 Å². The summed E-state index contributed by atoms with van der Waals surface area (Å²) in [6.07, 6.45) is 2.59. The third-order valence-corrected chi connectivity index (χ3v) is 6.14. The molecule has 3 rings (SSSR count). The molecule has 2 unspecified atom stereocenters. The summed E-state index contributed by atoms with van der Waals surface area (Å²) in [7, 11) is 0. The summed E-state index contributed by atoms with van der Waals surface area (Å²) < 4.78 is 14.8. The predicted molar refractivity (Wildman–Crippen MR) is 125 cm³/mol. The molecular formula is C24H31FN6O3. The molecule has 2 heterocycles. The van der Waals surface area contributed by atoms with Gasteiger partial charge in [-0.3, -0.25) is 9.48 Å². The molecule has 1 fully saturated rings. The first kappa shape index (κ1) is 25.0. The van der Waals surface area contributed by atoms with E-state index < -0.39 is 17.8 Å². The van der Waals surface area contributed by atoms with E-state index in [4.69, 9.17) is 5.73 Å². The first-order valence-corrected chi connectivity index (χ1v) is 11.3. The molecule has 0 spiro atoms. The van der Waals surface area contributed by atoms with Gasteiger partial charge in [0.05, 0.1) is 18.5 Å². The second kappa shape index (κ2) is 10.1. The fourth-order valence-electron chi connectivity index (χ4n) is 4.66. The Morgan fingerprint density at radius 2 is 2.03 bits per heavy atom. The zero-order chi connectivity index (χ0) is 25.0. The van der Waals surface area contributed by atoms with Gasteiger partial charge in [0.25, 0.3) is 5.91 Å². The predicted octanol–water partition coefficient (Wildman–Crippen LogP) is 4.51. The maximum Gasteiger partial charge on any atom is 0.407 e. The lowest BCUT2D eigenvalue weighted by Gasteiger charge is -2.42. The number of anilines is 2. The van der Waals surface area contributed by atoms with Crippen molar-refractivity contribution in [3.05, 3.63) is 41.8 Å². The number of nitrogens with two attached hydrogens (primary N) is 1. The van der Waals surface area contributed by atoms with E-state index in [1.807, 2.05) is 0 Å². The molecule has 1 aromatic carbocycles. The average Bonchev–Trinajstić information content (AvgIpc) is 3.16. The van der Waals surface area contributed by atoms with Gasteiger partial charge in [0, 0.05) is 24.5 Å². The molecule has 2 aromatic rings. The Morgan fingerprint density at radius 1 is 1.35 bits per heavy atom. The van der Waals surface area contributed by atoms with E-state index in [1.54, 1.807) is 4.68 Å². The number of primary amides is 1. The van der Waals surface area contributed by atoms with Crippen molar-refractivity contribution >= 4 is 23.5 Å². The number of nitrogens with zero attached hydrogens (tertiary/aromatic N) is 4. The number of hydrogen-bond donors (Lipinski definition) is 3. The van der Waals surface area contributed by atoms with Gasteiger partial charge in [0.2, 0.25) is 0 Å². The molecule has 0 bridgehead atoms. The van der Waals surface area contributed by atoms with Crippen LogP contribution in [0.2, 0.25) is 0 Å². The lowest BCUT2D eigenvalue weighted by atomic mass is 9.78. The lowest BCUT2D eigenvalue weighted by Crippen LogP contribution is -2.48. The van der Waals surface area contributed by atoms with Crippen LogP contribution in [0.25, 0.3) is 0 Å². The number of carboxylic acid groups (broad SMARTS) is 1. The lowest BCUT2D eigenvalue weighted by molar-refractivity contribution is 0.0579. The molecule has 10 heteroatoms. The Morgan fingerprint density at radius 3 is 2.59 bits per heavy atom. The van der Waals surface area contributed by atoms with Crippen molar-refractivity contribution < 1.29 is 19.1 Å². The van der Waals surface area contributed by atoms with E-state index in [0.717, 1.165) is 0 Å². The van der Waals surface area contributed by atoms with E-state index in [-0.39, 0.29) is 41.2 Å². The van der Waals surface area contributed by atoms with Crippen molar-refractivity contribution in [1.82, 2.24) is 14.7 Å². The van der Waals surface area contributed by atoms with Crippen molar-refractivity contribution in [2.45, 2.75) is 58.5 Å². The zero-order valence-corrected chi connectivity index (χ0v) is 19.7. The Bertz CT molecular complexity index is 1070. The molecule has 1 saturated heterocycles. The molecule has 3 atom stereocenters. The van der Waals surface area contributed by atoms with Crippen LogP contribution in [-0.4, -0.2) is 44.4 Å². The van der Waals surface area contributed by atoms with Crippen molar-refractivity contribution in [3.63, 3.8) is 0 Å². The highest BCUT2D eigenvalue weighted by atomic mass is 19.1. The largest absolute Gasteiger partial charge is 0.465 e. The van der Waals surface area contributed by atoms with Crippen LogP contribution >= 0.6 is 0 Å². The Hall–Kier alpha value is -3.61. The highest BCUT2D eigenvalue weighted by Crippen LogP contribution is 2.38. The van der Waals surface area contributed by atoms with Crippen molar-refractivity contribution in [3.8, 4) is 6.07 Å². The van der Waals surface area contributed by atoms with Crippen LogP contribution in [0.1, 0.15) is 62.9 Å². The number of likely N-dealkylation sites (tertiary alicyclic amines) is 1. The second-order valence-corrected chi connectivity index (χ2v) is 9.98. The third-order valence-electron chi connectivity index (χ3n) is 6.14. The van der Waals surface area contributed by atoms with E-state index in [9.17, 15) is 24.3 Å². The molecule has 2 amide bonds. The number of carbonyl (C=O) groups excluding carboxylic acids is 1. The quantitative estimate of drug-likeness (QED) is 0.544. The first-order chi connectivity index (χ1) is 16.0. The fraction of sp³-hybridized carbons (Fsp3) is 0.500. The summed E-state index contributed by atoms with van der Waals surface area (Å²) in [5, 5.41) is 26.7. The van der Waals surface area contributed by atoms with Crippen molar-refractivity contribution in [2.24, 2.45) is 17.1 Å². The summed E-state index contributed by atoms with van der Waals surface area (Å²) in [4.78, 5) is 25.4. The molecule has 34 heavy (non-hydrogen) atoms. The van der Waals surface area contributed by atoms with Gasteiger partial charge >= 0.3 is 6.09 Å². The smallest absolute Gasteiger partial charge is 0.407 e. The third kappa shape index (κ3) is 6.04. The Kier molecular flexibility index (Phi) is 7.44. The van der Waals surface area contributed by atoms with Gasteiger partial charge in [-0.1, -0.05) is 20.8 Å². The first-order valence-electron chi connectivity index (χ1n) is 11.3. The minimum atomic E-state index is -0.939. The maximum atomic E-state index is 13.3. The molecule has 0 radical (unpaired) electrons. The molecule has 0 aliphatic carbocycles. The highest BCUT2D eigenvalue weighted by Gasteiger charge is 2.38. The summed E-state index contributed by atoms with van der Waals surface area (Å²) in [6.45, 7) is 6.59. The SMILES string of the molecule is CC(C)(C)CC1CC([C@@H](CC#N)n2cc(C(N)=O)c(Nc3ccc(F)cc3)n2)CCN1C(=O)O. The molecule has 1 aliphatic heterocycles. The molecule has 1 aromatic heterocycles. The van der Waals surface area contributed by atoms with Crippen LogP contribution < -0.4 is 11.1 Å². The van der Waals surface area contributed by atoms with Gasteiger partial charge in [-0.2, -0.15) is 10.4 Å². The Balaban J connectivity index is 1.90. The van der Waals surface area contributed by atoms with Gasteiger partial charge < -0.3 is 21.1 Å². The van der Waals surface area contributed by atoms with Crippen LogP contribution in [0.4, 0.5) is 20.7 Å². The van der Waals surface area contributed by atoms with Crippen LogP contribution in [0.15, 0.2) is 30.5 Å². The summed E-state index contributed by atoms with van der Waals surface area (Å²) in [5.41, 5.74) is 6.19. The van der Waals surface area contributed by atoms with Crippen LogP contribution in [0.3, 0.4) is 0 Å².